The highest BCUT2D eigenvalue weighted by Crippen LogP contribution is 2.07. The molecule has 0 bridgehead atoms. The van der Waals surface area contributed by atoms with Crippen LogP contribution in [0.2, 0.25) is 0 Å². The van der Waals surface area contributed by atoms with E-state index in [0.29, 0.717) is 18.9 Å². The lowest BCUT2D eigenvalue weighted by Crippen LogP contribution is -2.34. The van der Waals surface area contributed by atoms with Gasteiger partial charge in [-0.25, -0.2) is 9.78 Å². The number of anilines is 1. The molecular weight excluding hydrogens is 238 g/mol. The topological polar surface area (TPSA) is 45.2 Å². The van der Waals surface area contributed by atoms with Crippen LogP contribution in [0.4, 0.5) is 10.6 Å². The molecule has 0 atom stereocenters. The van der Waals surface area contributed by atoms with Crippen molar-refractivity contribution in [3.05, 3.63) is 60.3 Å². The Labute approximate surface area is 113 Å². The average Bonchev–Trinajstić information content (AvgIpc) is 2.47. The molecule has 0 aliphatic heterocycles. The summed E-state index contributed by atoms with van der Waals surface area (Å²) in [6.45, 7) is 3.20. The Bertz CT molecular complexity index is 513. The van der Waals surface area contributed by atoms with Gasteiger partial charge >= 0.3 is 6.03 Å². The Morgan fingerprint density at radius 1 is 1.16 bits per heavy atom. The number of urea groups is 1. The first kappa shape index (κ1) is 13.1. The predicted octanol–water partition coefficient (Wildman–Crippen LogP) is 3.14. The van der Waals surface area contributed by atoms with Crippen molar-refractivity contribution in [1.29, 1.82) is 0 Å². The van der Waals surface area contributed by atoms with E-state index in [1.165, 1.54) is 0 Å². The standard InChI is InChI=1S/C15H17N3O/c1-2-18(12-13-8-4-3-5-9-13)15(19)17-14-10-6-7-11-16-14/h3-11H,2,12H2,1H3,(H,16,17,19). The van der Waals surface area contributed by atoms with Crippen molar-refractivity contribution < 1.29 is 4.79 Å². The van der Waals surface area contributed by atoms with Gasteiger partial charge in [-0.2, -0.15) is 0 Å². The summed E-state index contributed by atoms with van der Waals surface area (Å²) in [5, 5.41) is 2.79. The summed E-state index contributed by atoms with van der Waals surface area (Å²) in [5.41, 5.74) is 1.11. The van der Waals surface area contributed by atoms with Gasteiger partial charge in [0.1, 0.15) is 5.82 Å². The lowest BCUT2D eigenvalue weighted by molar-refractivity contribution is 0.212. The van der Waals surface area contributed by atoms with Gasteiger partial charge in [0.25, 0.3) is 0 Å². The normalized spacial score (nSPS) is 9.95. The predicted molar refractivity (Wildman–Crippen MR) is 75.8 cm³/mol. The van der Waals surface area contributed by atoms with Crippen molar-refractivity contribution in [3.63, 3.8) is 0 Å². The molecule has 0 spiro atoms. The minimum absolute atomic E-state index is 0.134. The molecule has 2 amide bonds. The van der Waals surface area contributed by atoms with Crippen LogP contribution < -0.4 is 5.32 Å². The molecule has 0 fully saturated rings. The zero-order chi connectivity index (χ0) is 13.5. The van der Waals surface area contributed by atoms with E-state index < -0.39 is 0 Å². The second-order valence-corrected chi connectivity index (χ2v) is 4.14. The molecule has 1 N–H and O–H groups in total. The van der Waals surface area contributed by atoms with Crippen LogP contribution in [0.1, 0.15) is 12.5 Å². The van der Waals surface area contributed by atoms with E-state index in [9.17, 15) is 4.79 Å². The molecular formula is C15H17N3O. The Kier molecular flexibility index (Phi) is 4.50. The molecule has 2 rings (SSSR count). The molecule has 98 valence electrons. The first-order valence-electron chi connectivity index (χ1n) is 6.30. The molecule has 0 aliphatic carbocycles. The van der Waals surface area contributed by atoms with Crippen molar-refractivity contribution in [2.75, 3.05) is 11.9 Å². The summed E-state index contributed by atoms with van der Waals surface area (Å²) in [4.78, 5) is 17.9. The van der Waals surface area contributed by atoms with Gasteiger partial charge in [0.05, 0.1) is 0 Å². The van der Waals surface area contributed by atoms with E-state index in [1.807, 2.05) is 49.4 Å². The summed E-state index contributed by atoms with van der Waals surface area (Å²) >= 11 is 0. The average molecular weight is 255 g/mol. The van der Waals surface area contributed by atoms with Crippen LogP contribution in [-0.4, -0.2) is 22.5 Å². The molecule has 0 saturated heterocycles. The number of hydrogen-bond donors (Lipinski definition) is 1. The lowest BCUT2D eigenvalue weighted by Gasteiger charge is -2.21. The first-order valence-corrected chi connectivity index (χ1v) is 6.30. The molecule has 1 heterocycles. The third-order valence-corrected chi connectivity index (χ3v) is 2.79. The Balaban J connectivity index is 2.00. The van der Waals surface area contributed by atoms with Crippen LogP contribution >= 0.6 is 0 Å². The summed E-state index contributed by atoms with van der Waals surface area (Å²) in [6, 6.07) is 15.2. The third-order valence-electron chi connectivity index (χ3n) is 2.79. The highest BCUT2D eigenvalue weighted by atomic mass is 16.2. The van der Waals surface area contributed by atoms with Crippen molar-refractivity contribution in [2.24, 2.45) is 0 Å². The lowest BCUT2D eigenvalue weighted by atomic mass is 10.2. The van der Waals surface area contributed by atoms with Crippen LogP contribution in [-0.2, 0) is 6.54 Å². The molecule has 0 radical (unpaired) electrons. The van der Waals surface area contributed by atoms with Gasteiger partial charge < -0.3 is 4.90 Å². The Morgan fingerprint density at radius 3 is 2.53 bits per heavy atom. The second-order valence-electron chi connectivity index (χ2n) is 4.14. The molecule has 0 aliphatic rings. The molecule has 0 unspecified atom stereocenters. The van der Waals surface area contributed by atoms with Crippen molar-refractivity contribution in [1.82, 2.24) is 9.88 Å². The molecule has 0 saturated carbocycles. The van der Waals surface area contributed by atoms with Gasteiger partial charge in [0.15, 0.2) is 0 Å². The highest BCUT2D eigenvalue weighted by Gasteiger charge is 2.12. The number of nitrogens with zero attached hydrogens (tertiary/aromatic N) is 2. The number of carbonyl (C=O) groups excluding carboxylic acids is 1. The number of nitrogens with one attached hydrogen (secondary N) is 1. The van der Waals surface area contributed by atoms with Crippen molar-refractivity contribution >= 4 is 11.8 Å². The van der Waals surface area contributed by atoms with Crippen LogP contribution in [0.15, 0.2) is 54.7 Å². The zero-order valence-corrected chi connectivity index (χ0v) is 10.9. The summed E-state index contributed by atoms with van der Waals surface area (Å²) in [6.07, 6.45) is 1.66. The summed E-state index contributed by atoms with van der Waals surface area (Å²) in [7, 11) is 0. The molecule has 4 heteroatoms. The van der Waals surface area contributed by atoms with E-state index in [0.717, 1.165) is 5.56 Å². The Morgan fingerprint density at radius 2 is 1.89 bits per heavy atom. The first-order chi connectivity index (χ1) is 9.29. The largest absolute Gasteiger partial charge is 0.323 e. The van der Waals surface area contributed by atoms with Crippen molar-refractivity contribution in [3.8, 4) is 0 Å². The van der Waals surface area contributed by atoms with E-state index in [4.69, 9.17) is 0 Å². The Hall–Kier alpha value is -2.36. The molecule has 19 heavy (non-hydrogen) atoms. The smallest absolute Gasteiger partial charge is 0.320 e. The van der Waals surface area contributed by atoms with Crippen LogP contribution in [0, 0.1) is 0 Å². The maximum absolute atomic E-state index is 12.1. The van der Waals surface area contributed by atoms with Crippen LogP contribution in [0.25, 0.3) is 0 Å². The van der Waals surface area contributed by atoms with E-state index >= 15 is 0 Å². The quantitative estimate of drug-likeness (QED) is 0.912. The molecule has 2 aromatic rings. The van der Waals surface area contributed by atoms with E-state index in [-0.39, 0.29) is 6.03 Å². The number of carbonyl (C=O) groups is 1. The number of amides is 2. The van der Waals surface area contributed by atoms with Gasteiger partial charge in [0, 0.05) is 19.3 Å². The fourth-order valence-electron chi connectivity index (χ4n) is 1.76. The number of benzene rings is 1. The van der Waals surface area contributed by atoms with Gasteiger partial charge in [-0.05, 0) is 24.6 Å². The second kappa shape index (κ2) is 6.54. The highest BCUT2D eigenvalue weighted by molar-refractivity contribution is 5.88. The number of pyridine rings is 1. The maximum Gasteiger partial charge on any atom is 0.323 e. The van der Waals surface area contributed by atoms with Gasteiger partial charge in [0.2, 0.25) is 0 Å². The maximum atomic E-state index is 12.1. The number of rotatable bonds is 4. The summed E-state index contributed by atoms with van der Waals surface area (Å²) in [5.74, 6) is 0.569. The van der Waals surface area contributed by atoms with Crippen LogP contribution in [0.5, 0.6) is 0 Å². The third kappa shape index (κ3) is 3.81. The van der Waals surface area contributed by atoms with Crippen molar-refractivity contribution in [2.45, 2.75) is 13.5 Å². The fraction of sp³-hybridized carbons (Fsp3) is 0.200. The van der Waals surface area contributed by atoms with Gasteiger partial charge in [-0.15, -0.1) is 0 Å². The van der Waals surface area contributed by atoms with Gasteiger partial charge in [-0.1, -0.05) is 36.4 Å². The molecule has 4 nitrogen and oxygen atoms in total. The monoisotopic (exact) mass is 255 g/mol. The summed E-state index contributed by atoms with van der Waals surface area (Å²) < 4.78 is 0. The van der Waals surface area contributed by atoms with E-state index in [1.54, 1.807) is 17.2 Å². The molecule has 1 aromatic carbocycles. The number of hydrogen-bond acceptors (Lipinski definition) is 2. The minimum atomic E-state index is -0.134. The minimum Gasteiger partial charge on any atom is -0.320 e. The fourth-order valence-corrected chi connectivity index (χ4v) is 1.76. The van der Waals surface area contributed by atoms with Gasteiger partial charge in [-0.3, -0.25) is 5.32 Å². The SMILES string of the molecule is CCN(Cc1ccccc1)C(=O)Nc1ccccn1. The molecule has 1 aromatic heterocycles. The van der Waals surface area contributed by atoms with Crippen LogP contribution in [0.3, 0.4) is 0 Å². The number of aromatic nitrogens is 1. The van der Waals surface area contributed by atoms with E-state index in [2.05, 4.69) is 10.3 Å². The zero-order valence-electron chi connectivity index (χ0n) is 10.9.